The second-order valence-electron chi connectivity index (χ2n) is 5.67. The fraction of sp³-hybridized carbons (Fsp3) is 0.571. The number of aromatic nitrogens is 1. The van der Waals surface area contributed by atoms with Crippen LogP contribution in [-0.4, -0.2) is 50.8 Å². The molecule has 1 aliphatic heterocycles. The van der Waals surface area contributed by atoms with Crippen LogP contribution in [-0.2, 0) is 10.8 Å². The number of halogens is 1. The first kappa shape index (κ1) is 16.2. The van der Waals surface area contributed by atoms with Crippen molar-refractivity contribution in [2.45, 2.75) is 19.4 Å². The zero-order valence-electron chi connectivity index (χ0n) is 12.2. The molecule has 0 aromatic carbocycles. The van der Waals surface area contributed by atoms with Gasteiger partial charge >= 0.3 is 0 Å². The molecule has 0 bridgehead atoms. The summed E-state index contributed by atoms with van der Waals surface area (Å²) in [6.45, 7) is 6.65. The molecule has 2 rings (SSSR count). The summed E-state index contributed by atoms with van der Waals surface area (Å²) in [5.74, 6) is 2.06. The zero-order chi connectivity index (χ0) is 15.5. The number of hydrogen-bond acceptors (Lipinski definition) is 5. The van der Waals surface area contributed by atoms with Crippen LogP contribution in [0.5, 0.6) is 0 Å². The van der Waals surface area contributed by atoms with Gasteiger partial charge in [-0.3, -0.25) is 9.11 Å². The number of nitrogens with one attached hydrogen (secondary N) is 1. The standard InChI is InChI=1S/C14H19ClN4OS/c1-14(2,19-3-5-21(20)6-4-19)10-18-13-12(15)7-11(8-16)9-17-13/h7,9H,3-6,10H2,1-2H3,(H,17,18). The van der Waals surface area contributed by atoms with Crippen LogP contribution in [0.1, 0.15) is 19.4 Å². The molecule has 1 N–H and O–H groups in total. The summed E-state index contributed by atoms with van der Waals surface area (Å²) in [5.41, 5.74) is 0.368. The summed E-state index contributed by atoms with van der Waals surface area (Å²) in [4.78, 5) is 6.51. The molecular weight excluding hydrogens is 308 g/mol. The van der Waals surface area contributed by atoms with Crippen molar-refractivity contribution >= 4 is 28.2 Å². The third-order valence-corrected chi connectivity index (χ3v) is 5.26. The van der Waals surface area contributed by atoms with E-state index in [2.05, 4.69) is 29.0 Å². The fourth-order valence-electron chi connectivity index (χ4n) is 2.28. The lowest BCUT2D eigenvalue weighted by molar-refractivity contribution is 0.145. The summed E-state index contributed by atoms with van der Waals surface area (Å²) >= 11 is 6.11. The molecule has 7 heteroatoms. The van der Waals surface area contributed by atoms with Crippen molar-refractivity contribution in [3.8, 4) is 6.07 Å². The van der Waals surface area contributed by atoms with Gasteiger partial charge in [-0.1, -0.05) is 11.6 Å². The average molecular weight is 327 g/mol. The second kappa shape index (κ2) is 6.73. The van der Waals surface area contributed by atoms with Gasteiger partial charge in [-0.05, 0) is 19.9 Å². The molecule has 0 spiro atoms. The first-order valence-corrected chi connectivity index (χ1v) is 8.68. The maximum atomic E-state index is 11.4. The van der Waals surface area contributed by atoms with Gasteiger partial charge in [-0.15, -0.1) is 0 Å². The Morgan fingerprint density at radius 1 is 1.52 bits per heavy atom. The molecule has 0 radical (unpaired) electrons. The Morgan fingerprint density at radius 3 is 2.76 bits per heavy atom. The van der Waals surface area contributed by atoms with Gasteiger partial charge in [0.25, 0.3) is 0 Å². The highest BCUT2D eigenvalue weighted by molar-refractivity contribution is 7.85. The fourth-order valence-corrected chi connectivity index (χ4v) is 3.57. The Kier molecular flexibility index (Phi) is 5.20. The molecule has 2 heterocycles. The molecule has 0 aliphatic carbocycles. The van der Waals surface area contributed by atoms with Crippen LogP contribution in [0.4, 0.5) is 5.82 Å². The number of pyridine rings is 1. The van der Waals surface area contributed by atoms with E-state index in [4.69, 9.17) is 16.9 Å². The van der Waals surface area contributed by atoms with E-state index in [9.17, 15) is 4.21 Å². The van der Waals surface area contributed by atoms with Crippen molar-refractivity contribution in [3.63, 3.8) is 0 Å². The monoisotopic (exact) mass is 326 g/mol. The smallest absolute Gasteiger partial charge is 0.144 e. The van der Waals surface area contributed by atoms with E-state index in [1.807, 2.05) is 6.07 Å². The van der Waals surface area contributed by atoms with Crippen LogP contribution in [0.25, 0.3) is 0 Å². The minimum atomic E-state index is -0.669. The Hall–Kier alpha value is -1.16. The molecule has 0 atom stereocenters. The predicted octanol–water partition coefficient (Wildman–Crippen LogP) is 1.86. The summed E-state index contributed by atoms with van der Waals surface area (Å²) in [7, 11) is -0.669. The molecule has 0 amide bonds. The highest BCUT2D eigenvalue weighted by atomic mass is 35.5. The maximum absolute atomic E-state index is 11.4. The van der Waals surface area contributed by atoms with Crippen LogP contribution in [0.15, 0.2) is 12.3 Å². The van der Waals surface area contributed by atoms with Gasteiger partial charge in [-0.25, -0.2) is 4.98 Å². The lowest BCUT2D eigenvalue weighted by Crippen LogP contribution is -2.53. The third-order valence-electron chi connectivity index (χ3n) is 3.69. The molecule has 114 valence electrons. The number of hydrogen-bond donors (Lipinski definition) is 1. The average Bonchev–Trinajstić information content (AvgIpc) is 2.46. The molecule has 5 nitrogen and oxygen atoms in total. The van der Waals surface area contributed by atoms with Gasteiger partial charge in [0.15, 0.2) is 0 Å². The van der Waals surface area contributed by atoms with Crippen LogP contribution in [0.2, 0.25) is 5.02 Å². The number of rotatable bonds is 4. The Bertz CT molecular complexity index is 575. The molecule has 1 aromatic rings. The quantitative estimate of drug-likeness (QED) is 0.914. The van der Waals surface area contributed by atoms with Gasteiger partial charge in [0.05, 0.1) is 10.6 Å². The first-order chi connectivity index (χ1) is 9.92. The Labute approximate surface area is 132 Å². The molecule has 1 fully saturated rings. The van der Waals surface area contributed by atoms with Crippen molar-refractivity contribution in [2.24, 2.45) is 0 Å². The maximum Gasteiger partial charge on any atom is 0.144 e. The second-order valence-corrected chi connectivity index (χ2v) is 7.77. The van der Waals surface area contributed by atoms with Gasteiger partial charge in [0.1, 0.15) is 11.9 Å². The van der Waals surface area contributed by atoms with Gasteiger partial charge in [0.2, 0.25) is 0 Å². The molecular formula is C14H19ClN4OS. The summed E-state index contributed by atoms with van der Waals surface area (Å²) in [6.07, 6.45) is 1.51. The van der Waals surface area contributed by atoms with E-state index >= 15 is 0 Å². The van der Waals surface area contributed by atoms with Gasteiger partial charge in [-0.2, -0.15) is 5.26 Å². The van der Waals surface area contributed by atoms with E-state index in [-0.39, 0.29) is 5.54 Å². The SMILES string of the molecule is CC(C)(CNc1ncc(C#N)cc1Cl)N1CCS(=O)CC1. The number of anilines is 1. The largest absolute Gasteiger partial charge is 0.367 e. The highest BCUT2D eigenvalue weighted by Crippen LogP contribution is 2.22. The van der Waals surface area contributed by atoms with Crippen LogP contribution in [0.3, 0.4) is 0 Å². The van der Waals surface area contributed by atoms with Crippen molar-refractivity contribution in [2.75, 3.05) is 36.5 Å². The zero-order valence-corrected chi connectivity index (χ0v) is 13.8. The van der Waals surface area contributed by atoms with Gasteiger partial charge in [0, 0.05) is 53.7 Å². The number of nitriles is 1. The Balaban J connectivity index is 1.98. The highest BCUT2D eigenvalue weighted by Gasteiger charge is 2.29. The van der Waals surface area contributed by atoms with E-state index in [1.54, 1.807) is 6.07 Å². The van der Waals surface area contributed by atoms with Crippen molar-refractivity contribution < 1.29 is 4.21 Å². The minimum absolute atomic E-state index is 0.0798. The third kappa shape index (κ3) is 4.16. The van der Waals surface area contributed by atoms with Gasteiger partial charge < -0.3 is 5.32 Å². The summed E-state index contributed by atoms with van der Waals surface area (Å²) < 4.78 is 11.4. The Morgan fingerprint density at radius 2 is 2.19 bits per heavy atom. The molecule has 1 aliphatic rings. The van der Waals surface area contributed by atoms with Crippen molar-refractivity contribution in [1.82, 2.24) is 9.88 Å². The minimum Gasteiger partial charge on any atom is -0.367 e. The van der Waals surface area contributed by atoms with E-state index in [0.717, 1.165) is 24.6 Å². The lowest BCUT2D eigenvalue weighted by Gasteiger charge is -2.40. The lowest BCUT2D eigenvalue weighted by atomic mass is 10.0. The molecule has 0 saturated carbocycles. The molecule has 0 unspecified atom stereocenters. The normalized spacial score (nSPS) is 17.4. The van der Waals surface area contributed by atoms with Crippen LogP contribution >= 0.6 is 11.6 Å². The molecule has 21 heavy (non-hydrogen) atoms. The summed E-state index contributed by atoms with van der Waals surface area (Å²) in [6, 6.07) is 3.62. The van der Waals surface area contributed by atoms with E-state index in [1.165, 1.54) is 6.20 Å². The predicted molar refractivity (Wildman–Crippen MR) is 86.0 cm³/mol. The first-order valence-electron chi connectivity index (χ1n) is 6.82. The van der Waals surface area contributed by atoms with E-state index < -0.39 is 10.8 Å². The van der Waals surface area contributed by atoms with Crippen molar-refractivity contribution in [1.29, 1.82) is 5.26 Å². The van der Waals surface area contributed by atoms with Crippen LogP contribution < -0.4 is 5.32 Å². The van der Waals surface area contributed by atoms with Crippen LogP contribution in [0, 0.1) is 11.3 Å². The molecule has 1 aromatic heterocycles. The topological polar surface area (TPSA) is 69.0 Å². The molecule has 1 saturated heterocycles. The summed E-state index contributed by atoms with van der Waals surface area (Å²) in [5, 5.41) is 12.5. The van der Waals surface area contributed by atoms with E-state index in [0.29, 0.717) is 22.9 Å². The number of nitrogens with zero attached hydrogens (tertiary/aromatic N) is 3. The van der Waals surface area contributed by atoms with Crippen molar-refractivity contribution in [3.05, 3.63) is 22.8 Å².